The number of anilines is 3. The van der Waals surface area contributed by atoms with Crippen molar-refractivity contribution in [2.75, 3.05) is 4.90 Å². The maximum atomic E-state index is 6.55. The summed E-state index contributed by atoms with van der Waals surface area (Å²) in [6, 6.07) is 91.8. The summed E-state index contributed by atoms with van der Waals surface area (Å²) in [7, 11) is 0. The first kappa shape index (κ1) is 38.5. The van der Waals surface area contributed by atoms with E-state index in [-0.39, 0.29) is 0 Å². The standard InChI is InChI=1S/C64H42N2O/c1-2-20-50-45(16-1)17-14-27-53(50)54-22-4-9-30-60(54)65(49-19-13-18-47(42-49)52-26-15-28-58-57-25-7-12-33-63(57)67-64(52)58)48-40-38-44(39-41-48)43-34-36-46(37-35-43)51-21-3-8-29-59(51)66-61-31-10-5-23-55(61)56-24-6-11-32-62(56)66/h1-42H. The van der Waals surface area contributed by atoms with Gasteiger partial charge in [-0.3, -0.25) is 0 Å². The van der Waals surface area contributed by atoms with Gasteiger partial charge in [0.2, 0.25) is 0 Å². The average molecular weight is 855 g/mol. The summed E-state index contributed by atoms with van der Waals surface area (Å²) in [5.41, 5.74) is 17.8. The van der Waals surface area contributed by atoms with E-state index in [4.69, 9.17) is 4.42 Å². The molecule has 0 aliphatic heterocycles. The molecule has 11 aromatic carbocycles. The van der Waals surface area contributed by atoms with Crippen LogP contribution in [-0.4, -0.2) is 4.57 Å². The lowest BCUT2D eigenvalue weighted by atomic mass is 9.95. The van der Waals surface area contributed by atoms with Crippen LogP contribution in [0.2, 0.25) is 0 Å². The minimum absolute atomic E-state index is 0.894. The summed E-state index contributed by atoms with van der Waals surface area (Å²) in [5, 5.41) is 7.20. The Hall–Kier alpha value is -8.92. The quantitative estimate of drug-likeness (QED) is 0.152. The molecule has 2 aromatic heterocycles. The van der Waals surface area contributed by atoms with Crippen LogP contribution < -0.4 is 4.90 Å². The lowest BCUT2D eigenvalue weighted by Crippen LogP contribution is -2.11. The Morgan fingerprint density at radius 2 is 0.851 bits per heavy atom. The normalized spacial score (nSPS) is 11.6. The van der Waals surface area contributed by atoms with Crippen LogP contribution in [0.1, 0.15) is 0 Å². The number of aromatic nitrogens is 1. The molecule has 0 saturated heterocycles. The van der Waals surface area contributed by atoms with Gasteiger partial charge >= 0.3 is 0 Å². The first-order valence-electron chi connectivity index (χ1n) is 22.9. The van der Waals surface area contributed by atoms with Crippen molar-refractivity contribution in [2.45, 2.75) is 0 Å². The van der Waals surface area contributed by atoms with Gasteiger partial charge in [0.1, 0.15) is 11.2 Å². The maximum Gasteiger partial charge on any atom is 0.143 e. The number of furan rings is 1. The summed E-state index contributed by atoms with van der Waals surface area (Å²) in [4.78, 5) is 2.40. The molecule has 0 N–H and O–H groups in total. The molecule has 314 valence electrons. The van der Waals surface area contributed by atoms with Gasteiger partial charge < -0.3 is 13.9 Å². The fourth-order valence-corrected chi connectivity index (χ4v) is 10.3. The Bertz CT molecular complexity index is 3930. The van der Waals surface area contributed by atoms with Gasteiger partial charge in [0, 0.05) is 49.6 Å². The van der Waals surface area contributed by atoms with Gasteiger partial charge in [-0.2, -0.15) is 0 Å². The number of hydrogen-bond donors (Lipinski definition) is 0. The molecule has 0 aliphatic rings. The van der Waals surface area contributed by atoms with E-state index in [1.165, 1.54) is 55.0 Å². The second kappa shape index (κ2) is 16.0. The third-order valence-electron chi connectivity index (χ3n) is 13.4. The van der Waals surface area contributed by atoms with Crippen molar-refractivity contribution in [1.29, 1.82) is 0 Å². The summed E-state index contributed by atoms with van der Waals surface area (Å²) in [6.45, 7) is 0. The third kappa shape index (κ3) is 6.51. The second-order valence-electron chi connectivity index (χ2n) is 17.2. The van der Waals surface area contributed by atoms with Gasteiger partial charge in [-0.15, -0.1) is 0 Å². The first-order valence-corrected chi connectivity index (χ1v) is 22.9. The van der Waals surface area contributed by atoms with Crippen LogP contribution >= 0.6 is 0 Å². The molecule has 3 nitrogen and oxygen atoms in total. The van der Waals surface area contributed by atoms with Crippen LogP contribution in [0, 0.1) is 0 Å². The van der Waals surface area contributed by atoms with Gasteiger partial charge in [-0.25, -0.2) is 0 Å². The van der Waals surface area contributed by atoms with E-state index in [0.717, 1.165) is 66.8 Å². The van der Waals surface area contributed by atoms with E-state index in [2.05, 4.69) is 252 Å². The summed E-state index contributed by atoms with van der Waals surface area (Å²) in [6.07, 6.45) is 0. The Morgan fingerprint density at radius 3 is 1.64 bits per heavy atom. The van der Waals surface area contributed by atoms with Gasteiger partial charge in [-0.05, 0) is 93.2 Å². The van der Waals surface area contributed by atoms with Crippen molar-refractivity contribution >= 4 is 71.6 Å². The zero-order chi connectivity index (χ0) is 44.3. The molecule has 0 saturated carbocycles. The maximum absolute atomic E-state index is 6.55. The van der Waals surface area contributed by atoms with E-state index >= 15 is 0 Å². The van der Waals surface area contributed by atoms with E-state index in [0.29, 0.717) is 0 Å². The van der Waals surface area contributed by atoms with E-state index in [1.54, 1.807) is 0 Å². The molecule has 3 heteroatoms. The fraction of sp³-hybridized carbons (Fsp3) is 0. The highest BCUT2D eigenvalue weighted by atomic mass is 16.3. The Morgan fingerprint density at radius 1 is 0.313 bits per heavy atom. The van der Waals surface area contributed by atoms with Crippen molar-refractivity contribution in [3.8, 4) is 50.2 Å². The second-order valence-corrected chi connectivity index (χ2v) is 17.2. The minimum Gasteiger partial charge on any atom is -0.455 e. The molecule has 0 amide bonds. The fourth-order valence-electron chi connectivity index (χ4n) is 10.3. The number of hydrogen-bond acceptors (Lipinski definition) is 2. The van der Waals surface area contributed by atoms with Crippen molar-refractivity contribution in [3.05, 3.63) is 255 Å². The van der Waals surface area contributed by atoms with Crippen LogP contribution in [0.5, 0.6) is 0 Å². The molecule has 67 heavy (non-hydrogen) atoms. The van der Waals surface area contributed by atoms with E-state index < -0.39 is 0 Å². The van der Waals surface area contributed by atoms with Crippen molar-refractivity contribution in [1.82, 2.24) is 4.57 Å². The molecule has 13 rings (SSSR count). The Balaban J connectivity index is 0.907. The highest BCUT2D eigenvalue weighted by Crippen LogP contribution is 2.45. The monoisotopic (exact) mass is 854 g/mol. The van der Waals surface area contributed by atoms with E-state index in [9.17, 15) is 0 Å². The van der Waals surface area contributed by atoms with Crippen LogP contribution in [0.3, 0.4) is 0 Å². The molecule has 0 spiro atoms. The summed E-state index contributed by atoms with van der Waals surface area (Å²) < 4.78 is 8.96. The molecule has 0 radical (unpaired) electrons. The summed E-state index contributed by atoms with van der Waals surface area (Å²) >= 11 is 0. The van der Waals surface area contributed by atoms with Gasteiger partial charge in [0.25, 0.3) is 0 Å². The number of fused-ring (bicyclic) bond motifs is 7. The number of para-hydroxylation sites is 6. The smallest absolute Gasteiger partial charge is 0.143 e. The SMILES string of the molecule is c1cc(-c2cccc3c2oc2ccccc23)cc(N(c2ccc(-c3ccc(-c4ccccc4-n4c5ccccc5c5ccccc54)cc3)cc2)c2ccccc2-c2cccc3ccccc23)c1. The topological polar surface area (TPSA) is 21.3 Å². The Kier molecular flexibility index (Phi) is 9.17. The van der Waals surface area contributed by atoms with Crippen LogP contribution in [0.25, 0.3) is 105 Å². The average Bonchev–Trinajstić information content (AvgIpc) is 3.95. The number of benzene rings is 11. The number of nitrogens with zero attached hydrogens (tertiary/aromatic N) is 2. The molecule has 2 heterocycles. The van der Waals surface area contributed by atoms with Crippen LogP contribution in [-0.2, 0) is 0 Å². The molecule has 0 bridgehead atoms. The predicted molar refractivity (Wildman–Crippen MR) is 282 cm³/mol. The van der Waals surface area contributed by atoms with E-state index in [1.807, 2.05) is 12.1 Å². The zero-order valence-electron chi connectivity index (χ0n) is 36.6. The number of rotatable bonds is 8. The van der Waals surface area contributed by atoms with Crippen LogP contribution in [0.15, 0.2) is 259 Å². The van der Waals surface area contributed by atoms with Gasteiger partial charge in [-0.1, -0.05) is 200 Å². The molecular formula is C64H42N2O. The molecule has 0 atom stereocenters. The Labute approximate surface area is 388 Å². The summed E-state index contributed by atoms with van der Waals surface area (Å²) in [5.74, 6) is 0. The molecule has 0 unspecified atom stereocenters. The van der Waals surface area contributed by atoms with Crippen LogP contribution in [0.4, 0.5) is 17.1 Å². The first-order chi connectivity index (χ1) is 33.2. The van der Waals surface area contributed by atoms with Crippen molar-refractivity contribution < 1.29 is 4.42 Å². The molecule has 0 fully saturated rings. The van der Waals surface area contributed by atoms with Gasteiger partial charge in [0.05, 0.1) is 22.4 Å². The highest BCUT2D eigenvalue weighted by Gasteiger charge is 2.21. The zero-order valence-corrected chi connectivity index (χ0v) is 36.6. The molecule has 13 aromatic rings. The minimum atomic E-state index is 0.894. The van der Waals surface area contributed by atoms with Gasteiger partial charge in [0.15, 0.2) is 0 Å². The lowest BCUT2D eigenvalue weighted by molar-refractivity contribution is 0.670. The third-order valence-corrected chi connectivity index (χ3v) is 13.4. The predicted octanol–water partition coefficient (Wildman–Crippen LogP) is 18.0. The largest absolute Gasteiger partial charge is 0.455 e. The lowest BCUT2D eigenvalue weighted by Gasteiger charge is -2.29. The molecular weight excluding hydrogens is 813 g/mol. The molecule has 0 aliphatic carbocycles. The van der Waals surface area contributed by atoms with Crippen molar-refractivity contribution in [2.24, 2.45) is 0 Å². The highest BCUT2D eigenvalue weighted by molar-refractivity contribution is 6.11. The van der Waals surface area contributed by atoms with Crippen molar-refractivity contribution in [3.63, 3.8) is 0 Å².